The van der Waals surface area contributed by atoms with E-state index in [9.17, 15) is 9.59 Å². The molecular weight excluding hydrogens is 384 g/mol. The van der Waals surface area contributed by atoms with E-state index in [0.717, 1.165) is 22.5 Å². The zero-order chi connectivity index (χ0) is 20.8. The summed E-state index contributed by atoms with van der Waals surface area (Å²) in [6, 6.07) is 19.2. The van der Waals surface area contributed by atoms with Gasteiger partial charge in [0.05, 0.1) is 18.2 Å². The molecule has 0 aliphatic rings. The third-order valence-corrected chi connectivity index (χ3v) is 5.34. The topological polar surface area (TPSA) is 68.3 Å². The lowest BCUT2D eigenvalue weighted by atomic mass is 9.90. The number of anilines is 1. The van der Waals surface area contributed by atoms with Gasteiger partial charge in [0.1, 0.15) is 4.88 Å². The first-order chi connectivity index (χ1) is 14.0. The fourth-order valence-corrected chi connectivity index (χ4v) is 3.77. The van der Waals surface area contributed by atoms with E-state index in [1.54, 1.807) is 6.92 Å². The second-order valence-corrected chi connectivity index (χ2v) is 8.17. The van der Waals surface area contributed by atoms with Crippen molar-refractivity contribution in [2.75, 3.05) is 11.9 Å². The number of rotatable bonds is 7. The van der Waals surface area contributed by atoms with Gasteiger partial charge in [0.2, 0.25) is 5.91 Å². The number of amides is 1. The van der Waals surface area contributed by atoms with Crippen molar-refractivity contribution in [3.05, 3.63) is 82.4 Å². The molecule has 0 saturated heterocycles. The Morgan fingerprint density at radius 1 is 1.00 bits per heavy atom. The van der Waals surface area contributed by atoms with E-state index >= 15 is 0 Å². The third-order valence-electron chi connectivity index (χ3n) is 4.29. The maximum absolute atomic E-state index is 13.2. The molecule has 150 valence electrons. The molecule has 29 heavy (non-hydrogen) atoms. The van der Waals surface area contributed by atoms with Crippen molar-refractivity contribution in [3.63, 3.8) is 0 Å². The summed E-state index contributed by atoms with van der Waals surface area (Å²) in [5, 5.41) is 3.27. The lowest BCUT2D eigenvalue weighted by Gasteiger charge is -2.17. The summed E-state index contributed by atoms with van der Waals surface area (Å²) in [4.78, 5) is 30.2. The van der Waals surface area contributed by atoms with Crippen LogP contribution >= 0.6 is 11.3 Å². The second-order valence-electron chi connectivity index (χ2n) is 7.17. The Labute approximate surface area is 174 Å². The van der Waals surface area contributed by atoms with Crippen molar-refractivity contribution >= 4 is 28.3 Å². The van der Waals surface area contributed by atoms with E-state index < -0.39 is 11.9 Å². The van der Waals surface area contributed by atoms with Crippen molar-refractivity contribution in [1.82, 2.24) is 4.98 Å². The highest BCUT2D eigenvalue weighted by Crippen LogP contribution is 2.29. The Hall–Kier alpha value is -2.99. The van der Waals surface area contributed by atoms with Crippen LogP contribution in [0.2, 0.25) is 0 Å². The van der Waals surface area contributed by atoms with Crippen LogP contribution in [0.3, 0.4) is 0 Å². The Morgan fingerprint density at radius 3 is 2.07 bits per heavy atom. The molecule has 5 nitrogen and oxygen atoms in total. The average molecular weight is 409 g/mol. The Balaban J connectivity index is 1.82. The number of ether oxygens (including phenoxy) is 1. The summed E-state index contributed by atoms with van der Waals surface area (Å²) >= 11 is 1.14. The van der Waals surface area contributed by atoms with Gasteiger partial charge in [-0.05, 0) is 24.0 Å². The van der Waals surface area contributed by atoms with Gasteiger partial charge in [0, 0.05) is 0 Å². The molecule has 1 heterocycles. The Morgan fingerprint density at radius 2 is 1.55 bits per heavy atom. The number of carbonyl (C=O) groups excluding carboxylic acids is 2. The first-order valence-corrected chi connectivity index (χ1v) is 10.3. The summed E-state index contributed by atoms with van der Waals surface area (Å²) in [5.74, 6) is -0.822. The lowest BCUT2D eigenvalue weighted by molar-refractivity contribution is -0.116. The van der Waals surface area contributed by atoms with Gasteiger partial charge >= 0.3 is 5.97 Å². The highest BCUT2D eigenvalue weighted by molar-refractivity contribution is 7.17. The van der Waals surface area contributed by atoms with Crippen LogP contribution in [0.5, 0.6) is 0 Å². The summed E-state index contributed by atoms with van der Waals surface area (Å²) in [6.07, 6.45) is 0. The smallest absolute Gasteiger partial charge is 0.350 e. The van der Waals surface area contributed by atoms with Crippen molar-refractivity contribution in [2.24, 2.45) is 5.92 Å². The minimum Gasteiger partial charge on any atom is -0.461 e. The Bertz CT molecular complexity index is 929. The number of thiazole rings is 1. The van der Waals surface area contributed by atoms with Crippen molar-refractivity contribution in [1.29, 1.82) is 0 Å². The third kappa shape index (κ3) is 5.29. The fourth-order valence-electron chi connectivity index (χ4n) is 2.91. The SMILES string of the molecule is Cc1nc(NC(=O)C(c2ccccc2)c2ccccc2)sc1C(=O)OCC(C)C. The maximum Gasteiger partial charge on any atom is 0.350 e. The van der Waals surface area contributed by atoms with Crippen molar-refractivity contribution < 1.29 is 14.3 Å². The molecule has 0 spiro atoms. The monoisotopic (exact) mass is 408 g/mol. The van der Waals surface area contributed by atoms with Crippen LogP contribution < -0.4 is 5.32 Å². The van der Waals surface area contributed by atoms with Gasteiger partial charge in [-0.3, -0.25) is 4.79 Å². The van der Waals surface area contributed by atoms with Gasteiger partial charge in [-0.15, -0.1) is 0 Å². The molecule has 6 heteroatoms. The highest BCUT2D eigenvalue weighted by Gasteiger charge is 2.25. The van der Waals surface area contributed by atoms with Gasteiger partial charge in [-0.2, -0.15) is 0 Å². The predicted octanol–water partition coefficient (Wildman–Crippen LogP) is 5.03. The standard InChI is InChI=1S/C23H24N2O3S/c1-15(2)14-28-22(27)20-16(3)24-23(29-20)25-21(26)19(17-10-6-4-7-11-17)18-12-8-5-9-13-18/h4-13,15,19H,14H2,1-3H3,(H,24,25,26). The van der Waals surface area contributed by atoms with Crippen LogP contribution in [-0.4, -0.2) is 23.5 Å². The van der Waals surface area contributed by atoms with Gasteiger partial charge in [0.15, 0.2) is 5.13 Å². The minimum absolute atomic E-state index is 0.196. The second kappa shape index (κ2) is 9.47. The van der Waals surface area contributed by atoms with Crippen molar-refractivity contribution in [2.45, 2.75) is 26.7 Å². The molecule has 2 aromatic carbocycles. The molecule has 3 aromatic rings. The highest BCUT2D eigenvalue weighted by atomic mass is 32.1. The molecule has 0 unspecified atom stereocenters. The summed E-state index contributed by atoms with van der Waals surface area (Å²) < 4.78 is 5.29. The van der Waals surface area contributed by atoms with E-state index in [1.807, 2.05) is 74.5 Å². The zero-order valence-electron chi connectivity index (χ0n) is 16.7. The quantitative estimate of drug-likeness (QED) is 0.557. The van der Waals surface area contributed by atoms with E-state index in [2.05, 4.69) is 10.3 Å². The summed E-state index contributed by atoms with van der Waals surface area (Å²) in [7, 11) is 0. The lowest BCUT2D eigenvalue weighted by Crippen LogP contribution is -2.22. The van der Waals surface area contributed by atoms with Crippen LogP contribution in [-0.2, 0) is 9.53 Å². The molecule has 1 amide bonds. The van der Waals surface area contributed by atoms with Crippen LogP contribution in [0, 0.1) is 12.8 Å². The molecule has 3 rings (SSSR count). The molecule has 0 aliphatic heterocycles. The van der Waals surface area contributed by atoms with Gasteiger partial charge in [-0.25, -0.2) is 9.78 Å². The number of nitrogens with zero attached hydrogens (tertiary/aromatic N) is 1. The predicted molar refractivity (Wildman–Crippen MR) is 115 cm³/mol. The minimum atomic E-state index is -0.474. The molecule has 1 aromatic heterocycles. The van der Waals surface area contributed by atoms with Gasteiger partial charge in [-0.1, -0.05) is 85.8 Å². The van der Waals surface area contributed by atoms with E-state index in [-0.39, 0.29) is 11.8 Å². The number of aryl methyl sites for hydroxylation is 1. The number of benzene rings is 2. The number of nitrogens with one attached hydrogen (secondary N) is 1. The number of hydrogen-bond acceptors (Lipinski definition) is 5. The fraction of sp³-hybridized carbons (Fsp3) is 0.261. The van der Waals surface area contributed by atoms with Crippen LogP contribution in [0.25, 0.3) is 0 Å². The molecule has 0 atom stereocenters. The van der Waals surface area contributed by atoms with Gasteiger partial charge in [0.25, 0.3) is 0 Å². The molecule has 0 aliphatic carbocycles. The molecule has 1 N–H and O–H groups in total. The molecule has 0 bridgehead atoms. The summed E-state index contributed by atoms with van der Waals surface area (Å²) in [6.45, 7) is 6.05. The first-order valence-electron chi connectivity index (χ1n) is 9.51. The number of hydrogen-bond donors (Lipinski definition) is 1. The normalized spacial score (nSPS) is 10.9. The average Bonchev–Trinajstić information content (AvgIpc) is 3.08. The molecule has 0 fully saturated rings. The van der Waals surface area contributed by atoms with Crippen LogP contribution in [0.1, 0.15) is 46.3 Å². The van der Waals surface area contributed by atoms with Crippen molar-refractivity contribution in [3.8, 4) is 0 Å². The number of esters is 1. The molecule has 0 radical (unpaired) electrons. The largest absolute Gasteiger partial charge is 0.461 e. The van der Waals surface area contributed by atoms with E-state index in [4.69, 9.17) is 4.74 Å². The zero-order valence-corrected chi connectivity index (χ0v) is 17.5. The van der Waals surface area contributed by atoms with Crippen LogP contribution in [0.15, 0.2) is 60.7 Å². The number of aromatic nitrogens is 1. The van der Waals surface area contributed by atoms with E-state index in [0.29, 0.717) is 22.3 Å². The number of carbonyl (C=O) groups is 2. The van der Waals surface area contributed by atoms with Crippen LogP contribution in [0.4, 0.5) is 5.13 Å². The maximum atomic E-state index is 13.2. The Kier molecular flexibility index (Phi) is 6.77. The molecular formula is C23H24N2O3S. The first kappa shape index (κ1) is 20.7. The van der Waals surface area contributed by atoms with Gasteiger partial charge < -0.3 is 10.1 Å². The van der Waals surface area contributed by atoms with E-state index in [1.165, 1.54) is 0 Å². The molecule has 0 saturated carbocycles. The summed E-state index contributed by atoms with van der Waals surface area (Å²) in [5.41, 5.74) is 2.33.